The molecule has 1 aromatic carbocycles. The van der Waals surface area contributed by atoms with E-state index in [1.54, 1.807) is 26.0 Å². The van der Waals surface area contributed by atoms with Gasteiger partial charge in [-0.15, -0.1) is 0 Å². The van der Waals surface area contributed by atoms with Crippen LogP contribution in [0.5, 0.6) is 11.5 Å². The highest BCUT2D eigenvalue weighted by Crippen LogP contribution is 2.26. The van der Waals surface area contributed by atoms with Gasteiger partial charge in [-0.2, -0.15) is 0 Å². The molecule has 0 fully saturated rings. The summed E-state index contributed by atoms with van der Waals surface area (Å²) >= 11 is 0. The molecule has 0 aliphatic carbocycles. The van der Waals surface area contributed by atoms with Crippen LogP contribution < -0.4 is 15.2 Å². The molecule has 0 spiro atoms. The van der Waals surface area contributed by atoms with Gasteiger partial charge in [-0.05, 0) is 32.9 Å². The van der Waals surface area contributed by atoms with Crippen LogP contribution in [0.1, 0.15) is 20.8 Å². The minimum Gasteiger partial charge on any atom is -0.490 e. The van der Waals surface area contributed by atoms with Crippen molar-refractivity contribution in [3.63, 3.8) is 0 Å². The monoisotopic (exact) mass is 301 g/mol. The molecule has 0 atom stereocenters. The smallest absolute Gasteiger partial charge is 0.161 e. The van der Waals surface area contributed by atoms with E-state index >= 15 is 0 Å². The first-order valence-electron chi connectivity index (χ1n) is 6.57. The lowest BCUT2D eigenvalue weighted by Gasteiger charge is -2.18. The van der Waals surface area contributed by atoms with Gasteiger partial charge in [0.05, 0.1) is 18.1 Å². The number of ether oxygens (including phenoxy) is 2. The maximum absolute atomic E-state index is 11.9. The van der Waals surface area contributed by atoms with Crippen molar-refractivity contribution >= 4 is 9.84 Å². The third-order valence-electron chi connectivity index (χ3n) is 2.39. The standard InChI is InChI=1S/C14H23NO4S/c1-4-18-12-7-5-6-8-13(12)19-9-10-20(16,17)11-14(2,3)15/h5-8H,4,9-11,15H2,1-3H3. The Morgan fingerprint density at radius 1 is 1.15 bits per heavy atom. The van der Waals surface area contributed by atoms with E-state index < -0.39 is 15.4 Å². The first kappa shape index (κ1) is 16.8. The Kier molecular flexibility index (Phi) is 5.83. The highest BCUT2D eigenvalue weighted by molar-refractivity contribution is 7.91. The largest absolute Gasteiger partial charge is 0.490 e. The fraction of sp³-hybridized carbons (Fsp3) is 0.571. The quantitative estimate of drug-likeness (QED) is 0.789. The van der Waals surface area contributed by atoms with Crippen LogP contribution in [-0.4, -0.2) is 38.7 Å². The zero-order chi connectivity index (χ0) is 15.2. The zero-order valence-electron chi connectivity index (χ0n) is 12.3. The van der Waals surface area contributed by atoms with Gasteiger partial charge < -0.3 is 15.2 Å². The van der Waals surface area contributed by atoms with Crippen molar-refractivity contribution in [2.45, 2.75) is 26.3 Å². The fourth-order valence-corrected chi connectivity index (χ4v) is 3.38. The number of nitrogens with two attached hydrogens (primary N) is 1. The molecule has 0 unspecified atom stereocenters. The predicted molar refractivity (Wildman–Crippen MR) is 80.0 cm³/mol. The Balaban J connectivity index is 2.56. The summed E-state index contributed by atoms with van der Waals surface area (Å²) in [6, 6.07) is 7.20. The van der Waals surface area contributed by atoms with Crippen LogP contribution in [0.2, 0.25) is 0 Å². The van der Waals surface area contributed by atoms with E-state index in [1.165, 1.54) is 0 Å². The topological polar surface area (TPSA) is 78.6 Å². The Labute approximate surface area is 121 Å². The normalized spacial score (nSPS) is 12.2. The second-order valence-corrected chi connectivity index (χ2v) is 7.49. The van der Waals surface area contributed by atoms with Gasteiger partial charge in [-0.3, -0.25) is 0 Å². The third-order valence-corrected chi connectivity index (χ3v) is 4.37. The van der Waals surface area contributed by atoms with Crippen molar-refractivity contribution in [2.24, 2.45) is 5.73 Å². The molecule has 0 aliphatic heterocycles. The summed E-state index contributed by atoms with van der Waals surface area (Å²) in [5.74, 6) is 1.05. The fourth-order valence-electron chi connectivity index (χ4n) is 1.76. The van der Waals surface area contributed by atoms with Crippen molar-refractivity contribution < 1.29 is 17.9 Å². The first-order valence-corrected chi connectivity index (χ1v) is 8.39. The SMILES string of the molecule is CCOc1ccccc1OCCS(=O)(=O)CC(C)(C)N. The highest BCUT2D eigenvalue weighted by Gasteiger charge is 2.22. The summed E-state index contributed by atoms with van der Waals surface area (Å²) in [6.07, 6.45) is 0. The van der Waals surface area contributed by atoms with Crippen molar-refractivity contribution in [2.75, 3.05) is 24.7 Å². The highest BCUT2D eigenvalue weighted by atomic mass is 32.2. The minimum absolute atomic E-state index is 0.0591. The van der Waals surface area contributed by atoms with E-state index in [0.717, 1.165) is 0 Å². The molecule has 0 saturated heterocycles. The minimum atomic E-state index is -3.23. The van der Waals surface area contributed by atoms with Gasteiger partial charge in [0.25, 0.3) is 0 Å². The number of para-hydroxylation sites is 2. The molecule has 0 aliphatic rings. The summed E-state index contributed by atoms with van der Waals surface area (Å²) in [5.41, 5.74) is 4.99. The Hall–Kier alpha value is -1.27. The molecule has 0 bridgehead atoms. The molecule has 0 heterocycles. The average Bonchev–Trinajstić information content (AvgIpc) is 2.28. The van der Waals surface area contributed by atoms with Crippen LogP contribution >= 0.6 is 0 Å². The summed E-state index contributed by atoms with van der Waals surface area (Å²) in [6.45, 7) is 5.87. The van der Waals surface area contributed by atoms with Crippen molar-refractivity contribution in [3.8, 4) is 11.5 Å². The molecule has 20 heavy (non-hydrogen) atoms. The summed E-state index contributed by atoms with van der Waals surface area (Å²) in [4.78, 5) is 0. The summed E-state index contributed by atoms with van der Waals surface area (Å²) in [5, 5.41) is 0. The summed E-state index contributed by atoms with van der Waals surface area (Å²) < 4.78 is 34.6. The van der Waals surface area contributed by atoms with Gasteiger partial charge in [0, 0.05) is 5.54 Å². The van der Waals surface area contributed by atoms with E-state index in [4.69, 9.17) is 15.2 Å². The molecule has 0 amide bonds. The second kappa shape index (κ2) is 6.95. The number of hydrogen-bond acceptors (Lipinski definition) is 5. The van der Waals surface area contributed by atoms with Crippen molar-refractivity contribution in [3.05, 3.63) is 24.3 Å². The summed E-state index contributed by atoms with van der Waals surface area (Å²) in [7, 11) is -3.23. The lowest BCUT2D eigenvalue weighted by atomic mass is 10.1. The van der Waals surface area contributed by atoms with Crippen LogP contribution in [0.15, 0.2) is 24.3 Å². The number of sulfone groups is 1. The van der Waals surface area contributed by atoms with Crippen molar-refractivity contribution in [1.82, 2.24) is 0 Å². The lowest BCUT2D eigenvalue weighted by molar-refractivity contribution is 0.288. The van der Waals surface area contributed by atoms with E-state index in [9.17, 15) is 8.42 Å². The molecule has 0 radical (unpaired) electrons. The van der Waals surface area contributed by atoms with E-state index in [-0.39, 0.29) is 18.1 Å². The van der Waals surface area contributed by atoms with Gasteiger partial charge in [0.2, 0.25) is 0 Å². The average molecular weight is 301 g/mol. The molecule has 1 rings (SSSR count). The zero-order valence-corrected chi connectivity index (χ0v) is 13.1. The van der Waals surface area contributed by atoms with Crippen LogP contribution in [-0.2, 0) is 9.84 Å². The van der Waals surface area contributed by atoms with Crippen molar-refractivity contribution in [1.29, 1.82) is 0 Å². The maximum atomic E-state index is 11.9. The molecule has 0 aromatic heterocycles. The van der Waals surface area contributed by atoms with Gasteiger partial charge in [-0.1, -0.05) is 12.1 Å². The van der Waals surface area contributed by atoms with Gasteiger partial charge >= 0.3 is 0 Å². The third kappa shape index (κ3) is 6.25. The second-order valence-electron chi connectivity index (χ2n) is 5.31. The Morgan fingerprint density at radius 3 is 2.20 bits per heavy atom. The molecule has 114 valence electrons. The molecule has 2 N–H and O–H groups in total. The van der Waals surface area contributed by atoms with Crippen LogP contribution in [0.3, 0.4) is 0 Å². The van der Waals surface area contributed by atoms with Gasteiger partial charge in [0.1, 0.15) is 6.61 Å². The molecule has 0 saturated carbocycles. The molecule has 5 nitrogen and oxygen atoms in total. The Bertz CT molecular complexity index is 520. The molecule has 1 aromatic rings. The predicted octanol–water partition coefficient (Wildman–Crippen LogP) is 1.62. The molecular weight excluding hydrogens is 278 g/mol. The molecular formula is C14H23NO4S. The van der Waals surface area contributed by atoms with E-state index in [0.29, 0.717) is 18.1 Å². The maximum Gasteiger partial charge on any atom is 0.161 e. The van der Waals surface area contributed by atoms with Crippen LogP contribution in [0.25, 0.3) is 0 Å². The lowest BCUT2D eigenvalue weighted by Crippen LogP contribution is -2.41. The number of hydrogen-bond donors (Lipinski definition) is 1. The van der Waals surface area contributed by atoms with E-state index in [1.807, 2.05) is 19.1 Å². The van der Waals surface area contributed by atoms with Crippen LogP contribution in [0.4, 0.5) is 0 Å². The first-order chi connectivity index (χ1) is 9.23. The number of rotatable bonds is 8. The van der Waals surface area contributed by atoms with Gasteiger partial charge in [0.15, 0.2) is 21.3 Å². The van der Waals surface area contributed by atoms with Crippen LogP contribution in [0, 0.1) is 0 Å². The molecule has 6 heteroatoms. The van der Waals surface area contributed by atoms with Gasteiger partial charge in [-0.25, -0.2) is 8.42 Å². The van der Waals surface area contributed by atoms with E-state index in [2.05, 4.69) is 0 Å². The number of benzene rings is 1. The Morgan fingerprint density at radius 2 is 1.70 bits per heavy atom.